The highest BCUT2D eigenvalue weighted by Crippen LogP contribution is 2.28. The Bertz CT molecular complexity index is 995. The van der Waals surface area contributed by atoms with Gasteiger partial charge in [0.2, 0.25) is 10.0 Å². The number of halogens is 2. The summed E-state index contributed by atoms with van der Waals surface area (Å²) in [6.07, 6.45) is 0. The number of nitrogens with one attached hydrogen (secondary N) is 1. The molecule has 0 unspecified atom stereocenters. The summed E-state index contributed by atoms with van der Waals surface area (Å²) in [7, 11) is -1.01. The summed E-state index contributed by atoms with van der Waals surface area (Å²) < 4.78 is 26.0. The Hall–Kier alpha value is -2.01. The molecule has 1 amide bonds. The van der Waals surface area contributed by atoms with Crippen molar-refractivity contribution in [1.82, 2.24) is 4.31 Å². The number of anilines is 1. The standard InChI is InChI=1S/C15H13BrClN3O5S/c1-19(2)26(24,25)14-7-9(3-5-11(14)16)15(21)18-10-4-6-12(17)13(8-10)20(22)23/h3-8H,1-2H3,(H,18,21). The summed E-state index contributed by atoms with van der Waals surface area (Å²) in [6, 6.07) is 7.91. The molecule has 8 nitrogen and oxygen atoms in total. The molecule has 0 heterocycles. The number of benzene rings is 2. The largest absolute Gasteiger partial charge is 0.322 e. The van der Waals surface area contributed by atoms with Gasteiger partial charge in [0.1, 0.15) is 5.02 Å². The zero-order valence-corrected chi connectivity index (χ0v) is 16.7. The van der Waals surface area contributed by atoms with Crippen molar-refractivity contribution >= 4 is 54.8 Å². The third kappa shape index (κ3) is 4.21. The molecular formula is C15H13BrClN3O5S. The summed E-state index contributed by atoms with van der Waals surface area (Å²) in [4.78, 5) is 22.6. The quantitative estimate of drug-likeness (QED) is 0.540. The number of carbonyl (C=O) groups is 1. The maximum Gasteiger partial charge on any atom is 0.289 e. The number of hydrogen-bond donors (Lipinski definition) is 1. The summed E-state index contributed by atoms with van der Waals surface area (Å²) in [5.41, 5.74) is -0.117. The number of nitro benzene ring substituents is 1. The van der Waals surface area contributed by atoms with Crippen molar-refractivity contribution in [2.75, 3.05) is 19.4 Å². The molecule has 138 valence electrons. The van der Waals surface area contributed by atoms with Gasteiger partial charge in [0.05, 0.1) is 9.82 Å². The van der Waals surface area contributed by atoms with Crippen molar-refractivity contribution in [3.05, 3.63) is 61.6 Å². The summed E-state index contributed by atoms with van der Waals surface area (Å²) in [5, 5.41) is 13.3. The van der Waals surface area contributed by atoms with Gasteiger partial charge in [-0.05, 0) is 46.3 Å². The van der Waals surface area contributed by atoms with Crippen LogP contribution in [0.1, 0.15) is 10.4 Å². The van der Waals surface area contributed by atoms with E-state index in [0.29, 0.717) is 4.47 Å². The first-order valence-corrected chi connectivity index (χ1v) is 9.62. The van der Waals surface area contributed by atoms with E-state index in [1.165, 1.54) is 44.4 Å². The van der Waals surface area contributed by atoms with E-state index in [4.69, 9.17) is 11.6 Å². The Morgan fingerprint density at radius 3 is 2.46 bits per heavy atom. The summed E-state index contributed by atoms with van der Waals surface area (Å²) in [6.45, 7) is 0. The van der Waals surface area contributed by atoms with Crippen molar-refractivity contribution in [2.45, 2.75) is 4.90 Å². The Morgan fingerprint density at radius 2 is 1.88 bits per heavy atom. The van der Waals surface area contributed by atoms with Crippen LogP contribution in [0.25, 0.3) is 0 Å². The molecule has 0 atom stereocenters. The van der Waals surface area contributed by atoms with E-state index >= 15 is 0 Å². The molecule has 0 aromatic heterocycles. The fraction of sp³-hybridized carbons (Fsp3) is 0.133. The molecule has 0 bridgehead atoms. The van der Waals surface area contributed by atoms with Crippen LogP contribution in [0.5, 0.6) is 0 Å². The van der Waals surface area contributed by atoms with E-state index < -0.39 is 20.9 Å². The molecule has 11 heteroatoms. The maximum absolute atomic E-state index is 12.4. The maximum atomic E-state index is 12.4. The van der Waals surface area contributed by atoms with Crippen LogP contribution in [0.15, 0.2) is 45.8 Å². The lowest BCUT2D eigenvalue weighted by Gasteiger charge is -2.14. The molecular weight excluding hydrogens is 450 g/mol. The van der Waals surface area contributed by atoms with Gasteiger partial charge in [-0.1, -0.05) is 11.6 Å². The zero-order valence-electron chi connectivity index (χ0n) is 13.6. The van der Waals surface area contributed by atoms with Gasteiger partial charge < -0.3 is 5.32 Å². The Morgan fingerprint density at radius 1 is 1.23 bits per heavy atom. The van der Waals surface area contributed by atoms with Crippen LogP contribution in [0.3, 0.4) is 0 Å². The van der Waals surface area contributed by atoms with Crippen LogP contribution in [0, 0.1) is 10.1 Å². The minimum absolute atomic E-state index is 0.0593. The predicted octanol–water partition coefficient (Wildman–Crippen LogP) is 3.51. The smallest absolute Gasteiger partial charge is 0.289 e. The van der Waals surface area contributed by atoms with Crippen LogP contribution in [-0.2, 0) is 10.0 Å². The summed E-state index contributed by atoms with van der Waals surface area (Å²) >= 11 is 8.89. The first-order valence-electron chi connectivity index (χ1n) is 7.01. The minimum Gasteiger partial charge on any atom is -0.322 e. The zero-order chi connectivity index (χ0) is 19.6. The lowest BCUT2D eigenvalue weighted by atomic mass is 10.2. The van der Waals surface area contributed by atoms with E-state index in [0.717, 1.165) is 10.4 Å². The fourth-order valence-corrected chi connectivity index (χ4v) is 4.00. The average Bonchev–Trinajstić information content (AvgIpc) is 2.56. The number of sulfonamides is 1. The van der Waals surface area contributed by atoms with E-state index in [-0.39, 0.29) is 26.9 Å². The molecule has 1 N–H and O–H groups in total. The second-order valence-corrected chi connectivity index (χ2v) is 8.69. The molecule has 26 heavy (non-hydrogen) atoms. The van der Waals surface area contributed by atoms with E-state index in [2.05, 4.69) is 21.2 Å². The lowest BCUT2D eigenvalue weighted by Crippen LogP contribution is -2.23. The number of nitro groups is 1. The van der Waals surface area contributed by atoms with Crippen molar-refractivity contribution in [3.63, 3.8) is 0 Å². The second-order valence-electron chi connectivity index (χ2n) is 5.31. The predicted molar refractivity (Wildman–Crippen MR) is 101 cm³/mol. The van der Waals surface area contributed by atoms with Crippen LogP contribution in [0.2, 0.25) is 5.02 Å². The summed E-state index contributed by atoms with van der Waals surface area (Å²) in [5.74, 6) is -0.621. The molecule has 0 spiro atoms. The van der Waals surface area contributed by atoms with Gasteiger partial charge in [0.25, 0.3) is 11.6 Å². The van der Waals surface area contributed by atoms with Crippen molar-refractivity contribution in [2.24, 2.45) is 0 Å². The molecule has 0 aliphatic carbocycles. The van der Waals surface area contributed by atoms with Crippen molar-refractivity contribution in [1.29, 1.82) is 0 Å². The molecule has 0 fully saturated rings. The third-order valence-corrected chi connectivity index (χ3v) is 6.48. The number of rotatable bonds is 5. The van der Waals surface area contributed by atoms with Gasteiger partial charge in [-0.3, -0.25) is 14.9 Å². The first-order chi connectivity index (χ1) is 12.0. The number of carbonyl (C=O) groups excluding carboxylic acids is 1. The van der Waals surface area contributed by atoms with Crippen LogP contribution < -0.4 is 5.32 Å². The van der Waals surface area contributed by atoms with E-state index in [1.807, 2.05) is 0 Å². The second kappa shape index (κ2) is 7.70. The molecule has 0 aliphatic heterocycles. The normalized spacial score (nSPS) is 11.4. The van der Waals surface area contributed by atoms with Gasteiger partial charge in [0.15, 0.2) is 0 Å². The molecule has 0 aliphatic rings. The van der Waals surface area contributed by atoms with Crippen molar-refractivity contribution < 1.29 is 18.1 Å². The number of hydrogen-bond acceptors (Lipinski definition) is 5. The Balaban J connectivity index is 2.37. The topological polar surface area (TPSA) is 110 Å². The van der Waals surface area contributed by atoms with Gasteiger partial charge in [-0.15, -0.1) is 0 Å². The third-order valence-electron chi connectivity index (χ3n) is 3.35. The highest BCUT2D eigenvalue weighted by molar-refractivity contribution is 9.10. The number of nitrogens with zero attached hydrogens (tertiary/aromatic N) is 2. The lowest BCUT2D eigenvalue weighted by molar-refractivity contribution is -0.384. The molecule has 2 aromatic rings. The van der Waals surface area contributed by atoms with Gasteiger partial charge in [-0.2, -0.15) is 0 Å². The Kier molecular flexibility index (Phi) is 6.02. The fourth-order valence-electron chi connectivity index (χ4n) is 1.97. The SMILES string of the molecule is CN(C)S(=O)(=O)c1cc(C(=O)Nc2ccc(Cl)c([N+](=O)[O-])c2)ccc1Br. The van der Waals surface area contributed by atoms with Crippen LogP contribution in [-0.4, -0.2) is 37.6 Å². The first kappa shape index (κ1) is 20.3. The monoisotopic (exact) mass is 461 g/mol. The van der Waals surface area contributed by atoms with E-state index in [1.54, 1.807) is 0 Å². The molecule has 0 radical (unpaired) electrons. The molecule has 2 rings (SSSR count). The van der Waals surface area contributed by atoms with Crippen molar-refractivity contribution in [3.8, 4) is 0 Å². The van der Waals surface area contributed by atoms with Gasteiger partial charge in [0, 0.05) is 35.9 Å². The van der Waals surface area contributed by atoms with Gasteiger partial charge in [-0.25, -0.2) is 12.7 Å². The van der Waals surface area contributed by atoms with Crippen LogP contribution >= 0.6 is 27.5 Å². The number of amides is 1. The van der Waals surface area contributed by atoms with Crippen LogP contribution in [0.4, 0.5) is 11.4 Å². The van der Waals surface area contributed by atoms with Gasteiger partial charge >= 0.3 is 0 Å². The minimum atomic E-state index is -3.76. The molecule has 2 aromatic carbocycles. The average molecular weight is 463 g/mol. The van der Waals surface area contributed by atoms with E-state index in [9.17, 15) is 23.3 Å². The highest BCUT2D eigenvalue weighted by atomic mass is 79.9. The molecule has 0 saturated carbocycles. The highest BCUT2D eigenvalue weighted by Gasteiger charge is 2.22. The Labute approximate surface area is 163 Å². The molecule has 0 saturated heterocycles.